The van der Waals surface area contributed by atoms with Crippen LogP contribution in [-0.4, -0.2) is 37.9 Å². The molecule has 0 bridgehead atoms. The Bertz CT molecular complexity index is 196. The Labute approximate surface area is 83.7 Å². The lowest BCUT2D eigenvalue weighted by atomic mass is 9.96. The molecule has 1 spiro atoms. The third kappa shape index (κ3) is 1.78. The first kappa shape index (κ1) is 10.3. The zero-order valence-corrected chi connectivity index (χ0v) is 8.44. The van der Waals surface area contributed by atoms with E-state index in [0.29, 0.717) is 19.8 Å². The highest BCUT2D eigenvalue weighted by Gasteiger charge is 2.47. The van der Waals surface area contributed by atoms with Gasteiger partial charge in [-0.25, -0.2) is 0 Å². The second kappa shape index (κ2) is 3.75. The Morgan fingerprint density at radius 1 is 1.00 bits per heavy atom. The van der Waals surface area contributed by atoms with E-state index in [-0.39, 0.29) is 18.0 Å². The third-order valence-electron chi connectivity index (χ3n) is 2.76. The molecule has 2 heterocycles. The van der Waals surface area contributed by atoms with E-state index in [2.05, 4.69) is 0 Å². The van der Waals surface area contributed by atoms with Crippen molar-refractivity contribution in [2.75, 3.05) is 19.8 Å². The number of ether oxygens (including phenoxy) is 3. The molecule has 0 radical (unpaired) electrons. The summed E-state index contributed by atoms with van der Waals surface area (Å²) in [7, 11) is 0. The van der Waals surface area contributed by atoms with Gasteiger partial charge in [-0.15, -0.1) is 0 Å². The van der Waals surface area contributed by atoms with Gasteiger partial charge in [-0.05, 0) is 6.42 Å². The first-order valence-electron chi connectivity index (χ1n) is 5.05. The minimum atomic E-state index is -0.883. The van der Waals surface area contributed by atoms with Crippen molar-refractivity contribution in [2.45, 2.75) is 31.4 Å². The SMILES string of the molecule is CC1CC(N)COC12OCC(N)CO2. The van der Waals surface area contributed by atoms with Crippen LogP contribution >= 0.6 is 0 Å². The lowest BCUT2D eigenvalue weighted by molar-refractivity contribution is -0.433. The minimum Gasteiger partial charge on any atom is -0.326 e. The van der Waals surface area contributed by atoms with Crippen LogP contribution in [0, 0.1) is 5.92 Å². The molecular formula is C9H18N2O3. The lowest BCUT2D eigenvalue weighted by Crippen LogP contribution is -2.59. The van der Waals surface area contributed by atoms with E-state index in [1.165, 1.54) is 0 Å². The zero-order valence-electron chi connectivity index (χ0n) is 8.44. The maximum Gasteiger partial charge on any atom is 0.285 e. The molecule has 2 atom stereocenters. The van der Waals surface area contributed by atoms with Crippen molar-refractivity contribution in [1.29, 1.82) is 0 Å². The molecule has 2 rings (SSSR count). The van der Waals surface area contributed by atoms with Crippen LogP contribution in [0.3, 0.4) is 0 Å². The van der Waals surface area contributed by atoms with E-state index >= 15 is 0 Å². The standard InChI is InChI=1S/C9H18N2O3/c1-6-2-7(10)3-12-9(6)13-4-8(11)5-14-9/h6-8H,2-5,10-11H2,1H3. The molecule has 2 unspecified atom stereocenters. The molecule has 82 valence electrons. The molecule has 0 saturated carbocycles. The van der Waals surface area contributed by atoms with Gasteiger partial charge in [0.1, 0.15) is 0 Å². The van der Waals surface area contributed by atoms with Crippen molar-refractivity contribution in [2.24, 2.45) is 17.4 Å². The maximum atomic E-state index is 5.78. The second-order valence-corrected chi connectivity index (χ2v) is 4.19. The van der Waals surface area contributed by atoms with Crippen molar-refractivity contribution in [3.05, 3.63) is 0 Å². The summed E-state index contributed by atoms with van der Waals surface area (Å²) >= 11 is 0. The highest BCUT2D eigenvalue weighted by atomic mass is 16.9. The van der Waals surface area contributed by atoms with E-state index in [4.69, 9.17) is 25.7 Å². The van der Waals surface area contributed by atoms with Crippen molar-refractivity contribution in [3.8, 4) is 0 Å². The lowest BCUT2D eigenvalue weighted by Gasteiger charge is -2.46. The zero-order chi connectivity index (χ0) is 10.2. The monoisotopic (exact) mass is 202 g/mol. The summed E-state index contributed by atoms with van der Waals surface area (Å²) in [5.74, 6) is -0.732. The summed E-state index contributed by atoms with van der Waals surface area (Å²) in [5.41, 5.74) is 11.4. The molecule has 4 N–H and O–H groups in total. The Balaban J connectivity index is 2.01. The second-order valence-electron chi connectivity index (χ2n) is 4.19. The van der Waals surface area contributed by atoms with Crippen LogP contribution < -0.4 is 11.5 Å². The molecule has 0 aromatic rings. The fourth-order valence-electron chi connectivity index (χ4n) is 1.94. The molecule has 0 amide bonds. The Hall–Kier alpha value is -0.200. The van der Waals surface area contributed by atoms with Gasteiger partial charge >= 0.3 is 0 Å². The number of rotatable bonds is 0. The van der Waals surface area contributed by atoms with E-state index in [1.807, 2.05) is 6.92 Å². The predicted octanol–water partition coefficient (Wildman–Crippen LogP) is -0.602. The van der Waals surface area contributed by atoms with Crippen LogP contribution in [0.5, 0.6) is 0 Å². The number of hydrogen-bond acceptors (Lipinski definition) is 5. The molecular weight excluding hydrogens is 184 g/mol. The molecule has 0 aliphatic carbocycles. The molecule has 2 aliphatic heterocycles. The van der Waals surface area contributed by atoms with Crippen LogP contribution in [0.15, 0.2) is 0 Å². The summed E-state index contributed by atoms with van der Waals surface area (Å²) in [5, 5.41) is 0. The van der Waals surface area contributed by atoms with Gasteiger partial charge in [0.25, 0.3) is 5.97 Å². The normalized spacial score (nSPS) is 49.5. The van der Waals surface area contributed by atoms with Gasteiger partial charge in [0, 0.05) is 12.0 Å². The van der Waals surface area contributed by atoms with E-state index in [0.717, 1.165) is 6.42 Å². The molecule has 0 aromatic carbocycles. The van der Waals surface area contributed by atoms with Crippen LogP contribution in [0.25, 0.3) is 0 Å². The van der Waals surface area contributed by atoms with Gasteiger partial charge in [0.05, 0.1) is 25.9 Å². The largest absolute Gasteiger partial charge is 0.326 e. The first-order chi connectivity index (χ1) is 6.62. The first-order valence-corrected chi connectivity index (χ1v) is 5.05. The predicted molar refractivity (Wildman–Crippen MR) is 50.3 cm³/mol. The summed E-state index contributed by atoms with van der Waals surface area (Å²) in [6, 6.07) is 0.0328. The fourth-order valence-corrected chi connectivity index (χ4v) is 1.94. The van der Waals surface area contributed by atoms with E-state index < -0.39 is 5.97 Å². The van der Waals surface area contributed by atoms with Crippen LogP contribution in [0.1, 0.15) is 13.3 Å². The average molecular weight is 202 g/mol. The van der Waals surface area contributed by atoms with Gasteiger partial charge in [-0.1, -0.05) is 6.92 Å². The summed E-state index contributed by atoms with van der Waals surface area (Å²) in [6.07, 6.45) is 0.856. The molecule has 5 heteroatoms. The number of nitrogens with two attached hydrogens (primary N) is 2. The fraction of sp³-hybridized carbons (Fsp3) is 1.00. The minimum absolute atomic E-state index is 0.0491. The van der Waals surface area contributed by atoms with Gasteiger partial charge in [-0.3, -0.25) is 0 Å². The van der Waals surface area contributed by atoms with Crippen molar-refractivity contribution >= 4 is 0 Å². The van der Waals surface area contributed by atoms with Crippen LogP contribution in [0.4, 0.5) is 0 Å². The van der Waals surface area contributed by atoms with Gasteiger partial charge in [0.2, 0.25) is 0 Å². The summed E-state index contributed by atoms with van der Waals surface area (Å²) in [4.78, 5) is 0. The Kier molecular flexibility index (Phi) is 2.77. The highest BCUT2D eigenvalue weighted by Crippen LogP contribution is 2.34. The van der Waals surface area contributed by atoms with Crippen LogP contribution in [-0.2, 0) is 14.2 Å². The summed E-state index contributed by atoms with van der Waals surface area (Å²) < 4.78 is 16.7. The molecule has 14 heavy (non-hydrogen) atoms. The highest BCUT2D eigenvalue weighted by molar-refractivity contribution is 4.82. The van der Waals surface area contributed by atoms with Crippen molar-refractivity contribution in [1.82, 2.24) is 0 Å². The van der Waals surface area contributed by atoms with Crippen LogP contribution in [0.2, 0.25) is 0 Å². The Morgan fingerprint density at radius 2 is 1.50 bits per heavy atom. The summed E-state index contributed by atoms with van der Waals surface area (Å²) in [6.45, 7) is 3.48. The van der Waals surface area contributed by atoms with E-state index in [9.17, 15) is 0 Å². The van der Waals surface area contributed by atoms with Crippen molar-refractivity contribution < 1.29 is 14.2 Å². The smallest absolute Gasteiger partial charge is 0.285 e. The van der Waals surface area contributed by atoms with Crippen molar-refractivity contribution in [3.63, 3.8) is 0 Å². The molecule has 5 nitrogen and oxygen atoms in total. The van der Waals surface area contributed by atoms with Gasteiger partial charge < -0.3 is 25.7 Å². The van der Waals surface area contributed by atoms with Gasteiger partial charge in [0.15, 0.2) is 0 Å². The Morgan fingerprint density at radius 3 is 2.07 bits per heavy atom. The van der Waals surface area contributed by atoms with E-state index in [1.54, 1.807) is 0 Å². The number of hydrogen-bond donors (Lipinski definition) is 2. The third-order valence-corrected chi connectivity index (χ3v) is 2.76. The topological polar surface area (TPSA) is 79.7 Å². The van der Waals surface area contributed by atoms with Gasteiger partial charge in [-0.2, -0.15) is 0 Å². The molecule has 2 aliphatic rings. The molecule has 2 saturated heterocycles. The molecule has 2 fully saturated rings. The maximum absolute atomic E-state index is 5.78. The average Bonchev–Trinajstić information content (AvgIpc) is 2.16. The molecule has 0 aromatic heterocycles. The quantitative estimate of drug-likeness (QED) is 0.548.